The van der Waals surface area contributed by atoms with Crippen molar-refractivity contribution in [1.82, 2.24) is 0 Å². The van der Waals surface area contributed by atoms with Gasteiger partial charge >= 0.3 is 0 Å². The zero-order valence-corrected chi connectivity index (χ0v) is 13.9. The van der Waals surface area contributed by atoms with Gasteiger partial charge in [0.1, 0.15) is 12.4 Å². The van der Waals surface area contributed by atoms with Crippen molar-refractivity contribution < 1.29 is 14.2 Å². The Hall–Kier alpha value is -1.80. The minimum Gasteiger partial charge on any atom is -0.465 e. The van der Waals surface area contributed by atoms with Gasteiger partial charge < -0.3 is 14.2 Å². The molecule has 126 valence electrons. The molecule has 2 radical (unpaired) electrons. The fourth-order valence-corrected chi connectivity index (χ4v) is 2.89. The van der Waals surface area contributed by atoms with Gasteiger partial charge in [-0.15, -0.1) is 12.3 Å². The normalized spacial score (nSPS) is 26.9. The van der Waals surface area contributed by atoms with Crippen molar-refractivity contribution in [3.63, 3.8) is 0 Å². The highest BCUT2D eigenvalue weighted by Crippen LogP contribution is 2.26. The van der Waals surface area contributed by atoms with Crippen molar-refractivity contribution in [1.29, 1.82) is 0 Å². The first-order valence-electron chi connectivity index (χ1n) is 8.66. The number of hydrogen-bond donors (Lipinski definition) is 0. The standard InChI is InChI=1S/C21H24O3/c1-2-18-13-15-22-16-19(18)7-5-6-17-9-11-20(12-10-17)24-21-8-3-4-14-23-21/h2,6-7,9-12,18-19,21H,1,3-4,8,13-15H2. The van der Waals surface area contributed by atoms with Crippen molar-refractivity contribution in [3.05, 3.63) is 60.9 Å². The van der Waals surface area contributed by atoms with Crippen LogP contribution in [0.5, 0.6) is 5.75 Å². The van der Waals surface area contributed by atoms with Crippen LogP contribution in [0.2, 0.25) is 0 Å². The van der Waals surface area contributed by atoms with Crippen LogP contribution in [-0.4, -0.2) is 19.5 Å². The molecular weight excluding hydrogens is 300 g/mol. The summed E-state index contributed by atoms with van der Waals surface area (Å²) < 4.78 is 16.7. The Morgan fingerprint density at radius 3 is 2.79 bits per heavy atom. The first kappa shape index (κ1) is 17.0. The molecule has 0 saturated carbocycles. The molecule has 0 aliphatic carbocycles. The third-order valence-electron chi connectivity index (χ3n) is 4.35. The van der Waals surface area contributed by atoms with Crippen LogP contribution in [0.25, 0.3) is 6.08 Å². The van der Waals surface area contributed by atoms with Crippen LogP contribution in [0.1, 0.15) is 31.2 Å². The second-order valence-electron chi connectivity index (χ2n) is 6.14. The summed E-state index contributed by atoms with van der Waals surface area (Å²) in [5.41, 5.74) is 4.31. The van der Waals surface area contributed by atoms with Crippen molar-refractivity contribution >= 4 is 6.08 Å². The van der Waals surface area contributed by atoms with Crippen LogP contribution in [0.15, 0.2) is 48.7 Å². The number of rotatable bonds is 5. The van der Waals surface area contributed by atoms with E-state index in [0.717, 1.165) is 43.8 Å². The maximum atomic E-state index is 5.84. The summed E-state index contributed by atoms with van der Waals surface area (Å²) in [4.78, 5) is 0. The van der Waals surface area contributed by atoms with E-state index in [2.05, 4.69) is 18.9 Å². The Kier molecular flexibility index (Phi) is 6.31. The molecule has 1 aromatic rings. The van der Waals surface area contributed by atoms with Gasteiger partial charge in [-0.2, -0.15) is 0 Å². The number of allylic oxidation sites excluding steroid dienone is 1. The quantitative estimate of drug-likeness (QED) is 0.583. The molecule has 0 amide bonds. The molecule has 1 aromatic carbocycles. The molecule has 0 bridgehead atoms. The molecule has 0 aromatic heterocycles. The van der Waals surface area contributed by atoms with E-state index < -0.39 is 0 Å². The summed E-state index contributed by atoms with van der Waals surface area (Å²) in [5, 5.41) is 0. The van der Waals surface area contributed by atoms with Crippen LogP contribution in [0, 0.1) is 18.4 Å². The Morgan fingerprint density at radius 2 is 2.04 bits per heavy atom. The summed E-state index contributed by atoms with van der Waals surface area (Å²) in [6.45, 7) is 8.41. The molecule has 2 fully saturated rings. The molecule has 3 rings (SSSR count). The van der Waals surface area contributed by atoms with E-state index in [9.17, 15) is 0 Å². The molecular formula is C21H24O3. The van der Waals surface area contributed by atoms with Crippen LogP contribution in [-0.2, 0) is 9.47 Å². The van der Waals surface area contributed by atoms with Crippen molar-refractivity contribution in [2.45, 2.75) is 32.0 Å². The molecule has 3 unspecified atom stereocenters. The van der Waals surface area contributed by atoms with Crippen LogP contribution < -0.4 is 4.74 Å². The van der Waals surface area contributed by atoms with E-state index in [1.165, 1.54) is 6.42 Å². The maximum Gasteiger partial charge on any atom is 0.199 e. The van der Waals surface area contributed by atoms with Gasteiger partial charge in [0, 0.05) is 18.9 Å². The molecule has 3 atom stereocenters. The highest BCUT2D eigenvalue weighted by molar-refractivity contribution is 5.50. The largest absolute Gasteiger partial charge is 0.465 e. The van der Waals surface area contributed by atoms with Crippen molar-refractivity contribution in [2.24, 2.45) is 11.8 Å². The summed E-state index contributed by atoms with van der Waals surface area (Å²) in [7, 11) is 0. The minimum absolute atomic E-state index is 0.103. The molecule has 2 aliphatic rings. The van der Waals surface area contributed by atoms with Crippen molar-refractivity contribution in [3.8, 4) is 5.75 Å². The topological polar surface area (TPSA) is 27.7 Å². The first-order valence-corrected chi connectivity index (χ1v) is 8.66. The molecule has 2 aliphatic heterocycles. The lowest BCUT2D eigenvalue weighted by Crippen LogP contribution is -2.24. The van der Waals surface area contributed by atoms with Gasteiger partial charge in [-0.25, -0.2) is 0 Å². The molecule has 3 heteroatoms. The Balaban J connectivity index is 1.56. The Morgan fingerprint density at radius 1 is 1.17 bits per heavy atom. The molecule has 0 spiro atoms. The molecule has 2 heterocycles. The first-order chi connectivity index (χ1) is 11.8. The van der Waals surface area contributed by atoms with Gasteiger partial charge in [0.25, 0.3) is 0 Å². The minimum atomic E-state index is -0.103. The maximum absolute atomic E-state index is 5.84. The fraction of sp³-hybridized carbons (Fsp3) is 0.429. The van der Waals surface area contributed by atoms with Crippen LogP contribution >= 0.6 is 0 Å². The van der Waals surface area contributed by atoms with Crippen LogP contribution in [0.3, 0.4) is 0 Å². The summed E-state index contributed by atoms with van der Waals surface area (Å²) in [6, 6.07) is 7.99. The third kappa shape index (κ3) is 4.85. The lowest BCUT2D eigenvalue weighted by Gasteiger charge is -2.24. The van der Waals surface area contributed by atoms with E-state index in [0.29, 0.717) is 5.92 Å². The molecule has 2 saturated heterocycles. The van der Waals surface area contributed by atoms with Gasteiger partial charge in [-0.1, -0.05) is 18.2 Å². The summed E-state index contributed by atoms with van der Waals surface area (Å²) in [5.74, 6) is 1.35. The lowest BCUT2D eigenvalue weighted by atomic mass is 9.88. The highest BCUT2D eigenvalue weighted by Gasteiger charge is 2.22. The Bertz CT molecular complexity index is 578. The smallest absolute Gasteiger partial charge is 0.199 e. The number of ether oxygens (including phenoxy) is 3. The zero-order chi connectivity index (χ0) is 16.6. The highest BCUT2D eigenvalue weighted by atomic mass is 16.7. The van der Waals surface area contributed by atoms with Gasteiger partial charge in [0.15, 0.2) is 6.29 Å². The third-order valence-corrected chi connectivity index (χ3v) is 4.35. The molecule has 0 N–H and O–H groups in total. The second-order valence-corrected chi connectivity index (χ2v) is 6.14. The van der Waals surface area contributed by atoms with E-state index in [-0.39, 0.29) is 12.2 Å². The summed E-state index contributed by atoms with van der Waals surface area (Å²) in [6.07, 6.45) is 10.1. The fourth-order valence-electron chi connectivity index (χ4n) is 2.89. The predicted molar refractivity (Wildman–Crippen MR) is 94.2 cm³/mol. The van der Waals surface area contributed by atoms with Crippen LogP contribution in [0.4, 0.5) is 0 Å². The zero-order valence-electron chi connectivity index (χ0n) is 13.9. The number of benzene rings is 1. The van der Waals surface area contributed by atoms with Gasteiger partial charge in [0.05, 0.1) is 6.61 Å². The average molecular weight is 324 g/mol. The van der Waals surface area contributed by atoms with Gasteiger partial charge in [-0.05, 0) is 55.0 Å². The van der Waals surface area contributed by atoms with Gasteiger partial charge in [0.2, 0.25) is 0 Å². The molecule has 24 heavy (non-hydrogen) atoms. The summed E-state index contributed by atoms with van der Waals surface area (Å²) >= 11 is 0. The lowest BCUT2D eigenvalue weighted by molar-refractivity contribution is -0.105. The number of hydrogen-bond acceptors (Lipinski definition) is 3. The van der Waals surface area contributed by atoms with Crippen molar-refractivity contribution in [2.75, 3.05) is 13.2 Å². The van der Waals surface area contributed by atoms with E-state index >= 15 is 0 Å². The SMILES string of the molecule is C=CC1CCO[C]C1C=C=Cc1ccc(OC2CCCCO2)cc1. The van der Waals surface area contributed by atoms with Gasteiger partial charge in [-0.3, -0.25) is 0 Å². The van der Waals surface area contributed by atoms with E-state index in [1.54, 1.807) is 0 Å². The average Bonchev–Trinajstić information content (AvgIpc) is 2.64. The van der Waals surface area contributed by atoms with E-state index in [1.807, 2.05) is 42.5 Å². The second kappa shape index (κ2) is 8.89. The Labute approximate surface area is 144 Å². The van der Waals surface area contributed by atoms with E-state index in [4.69, 9.17) is 14.2 Å². The monoisotopic (exact) mass is 324 g/mol. The molecule has 3 nitrogen and oxygen atoms in total. The predicted octanol–water partition coefficient (Wildman–Crippen LogP) is 4.64.